The van der Waals surface area contributed by atoms with E-state index in [0.717, 1.165) is 15.6 Å². The van der Waals surface area contributed by atoms with Crippen molar-refractivity contribution in [3.8, 4) is 0 Å². The molecular formula is C23H20BrNO3. The van der Waals surface area contributed by atoms with Crippen molar-refractivity contribution < 1.29 is 14.3 Å². The third-order valence-electron chi connectivity index (χ3n) is 4.57. The molecule has 0 aliphatic rings. The fraction of sp³-hybridized carbons (Fsp3) is 0.130. The zero-order valence-corrected chi connectivity index (χ0v) is 17.2. The van der Waals surface area contributed by atoms with Gasteiger partial charge in [-0.1, -0.05) is 76.6 Å². The van der Waals surface area contributed by atoms with Crippen molar-refractivity contribution in [1.29, 1.82) is 0 Å². The Balaban J connectivity index is 2.06. The molecule has 0 aliphatic carbocycles. The molecule has 0 radical (unpaired) electrons. The van der Waals surface area contributed by atoms with Gasteiger partial charge in [0.25, 0.3) is 0 Å². The van der Waals surface area contributed by atoms with Crippen LogP contribution in [0.2, 0.25) is 0 Å². The Labute approximate surface area is 172 Å². The van der Waals surface area contributed by atoms with Crippen LogP contribution in [0, 0.1) is 0 Å². The summed E-state index contributed by atoms with van der Waals surface area (Å²) >= 11 is 3.37. The van der Waals surface area contributed by atoms with E-state index in [9.17, 15) is 9.59 Å². The maximum atomic E-state index is 13.6. The van der Waals surface area contributed by atoms with Gasteiger partial charge in [-0.3, -0.25) is 4.79 Å². The average Bonchev–Trinajstić information content (AvgIpc) is 2.74. The minimum absolute atomic E-state index is 0.134. The first-order valence-corrected chi connectivity index (χ1v) is 9.57. The molecule has 0 saturated heterocycles. The van der Waals surface area contributed by atoms with Crippen molar-refractivity contribution in [2.45, 2.75) is 5.92 Å². The second-order valence-electron chi connectivity index (χ2n) is 6.30. The third-order valence-corrected chi connectivity index (χ3v) is 5.06. The minimum atomic E-state index is -0.494. The van der Waals surface area contributed by atoms with Gasteiger partial charge in [0.2, 0.25) is 5.91 Å². The first-order chi connectivity index (χ1) is 13.5. The number of anilines is 1. The molecule has 0 bridgehead atoms. The normalized spacial score (nSPS) is 10.6. The number of halogens is 1. The molecule has 0 heterocycles. The average molecular weight is 438 g/mol. The molecule has 1 amide bonds. The molecular weight excluding hydrogens is 418 g/mol. The van der Waals surface area contributed by atoms with E-state index in [4.69, 9.17) is 4.74 Å². The van der Waals surface area contributed by atoms with Gasteiger partial charge in [-0.05, 0) is 29.3 Å². The van der Waals surface area contributed by atoms with Gasteiger partial charge in [-0.25, -0.2) is 4.79 Å². The molecule has 0 fully saturated rings. The summed E-state index contributed by atoms with van der Waals surface area (Å²) in [5.41, 5.74) is 2.61. The van der Waals surface area contributed by atoms with E-state index in [1.54, 1.807) is 25.2 Å². The summed E-state index contributed by atoms with van der Waals surface area (Å²) in [5.74, 6) is -1.11. The SMILES string of the molecule is COC(=O)c1cc(Br)ccc1N(C)C(=O)C(c1ccccc1)c1ccccc1. The lowest BCUT2D eigenvalue weighted by molar-refractivity contribution is -0.118. The van der Waals surface area contributed by atoms with Gasteiger partial charge in [-0.2, -0.15) is 0 Å². The summed E-state index contributed by atoms with van der Waals surface area (Å²) in [6.07, 6.45) is 0. The summed E-state index contributed by atoms with van der Waals surface area (Å²) in [5, 5.41) is 0. The van der Waals surface area contributed by atoms with E-state index in [1.165, 1.54) is 12.0 Å². The number of amides is 1. The molecule has 0 aliphatic heterocycles. The number of ether oxygens (including phenoxy) is 1. The van der Waals surface area contributed by atoms with Crippen LogP contribution < -0.4 is 4.90 Å². The van der Waals surface area contributed by atoms with Gasteiger partial charge < -0.3 is 9.64 Å². The Morgan fingerprint density at radius 2 is 1.43 bits per heavy atom. The van der Waals surface area contributed by atoms with Crippen molar-refractivity contribution >= 4 is 33.5 Å². The number of benzene rings is 3. The Kier molecular flexibility index (Phi) is 6.26. The molecule has 0 spiro atoms. The third kappa shape index (κ3) is 4.15. The lowest BCUT2D eigenvalue weighted by atomic mass is 9.90. The first kappa shape index (κ1) is 19.8. The topological polar surface area (TPSA) is 46.6 Å². The van der Waals surface area contributed by atoms with Crippen LogP contribution in [0.5, 0.6) is 0 Å². The number of hydrogen-bond donors (Lipinski definition) is 0. The van der Waals surface area contributed by atoms with Crippen molar-refractivity contribution in [2.75, 3.05) is 19.1 Å². The van der Waals surface area contributed by atoms with E-state index in [-0.39, 0.29) is 5.91 Å². The standard InChI is InChI=1S/C23H20BrNO3/c1-25(20-14-13-18(24)15-19(20)23(27)28-2)22(26)21(16-9-5-3-6-10-16)17-11-7-4-8-12-17/h3-15,21H,1-2H3. The number of nitrogens with zero attached hydrogens (tertiary/aromatic N) is 1. The molecule has 4 nitrogen and oxygen atoms in total. The fourth-order valence-corrected chi connectivity index (χ4v) is 3.52. The van der Waals surface area contributed by atoms with Crippen LogP contribution in [0.25, 0.3) is 0 Å². The lowest BCUT2D eigenvalue weighted by Gasteiger charge is -2.26. The van der Waals surface area contributed by atoms with Crippen LogP contribution in [-0.4, -0.2) is 26.0 Å². The molecule has 3 aromatic carbocycles. The number of likely N-dealkylation sites (N-methyl/N-ethyl adjacent to an activating group) is 1. The molecule has 5 heteroatoms. The smallest absolute Gasteiger partial charge is 0.340 e. The number of esters is 1. The van der Waals surface area contributed by atoms with E-state index in [2.05, 4.69) is 15.9 Å². The lowest BCUT2D eigenvalue weighted by Crippen LogP contribution is -2.33. The Morgan fingerprint density at radius 1 is 0.893 bits per heavy atom. The Hall–Kier alpha value is -2.92. The number of carbonyl (C=O) groups is 2. The summed E-state index contributed by atoms with van der Waals surface area (Å²) in [6.45, 7) is 0. The quantitative estimate of drug-likeness (QED) is 0.525. The van der Waals surface area contributed by atoms with Gasteiger partial charge in [0.1, 0.15) is 0 Å². The highest BCUT2D eigenvalue weighted by Crippen LogP contribution is 2.31. The molecule has 0 saturated carbocycles. The van der Waals surface area contributed by atoms with Crippen molar-refractivity contribution in [2.24, 2.45) is 0 Å². The summed E-state index contributed by atoms with van der Waals surface area (Å²) in [4.78, 5) is 27.3. The molecule has 3 aromatic rings. The summed E-state index contributed by atoms with van der Waals surface area (Å²) < 4.78 is 5.63. The second kappa shape index (κ2) is 8.85. The molecule has 0 aromatic heterocycles. The first-order valence-electron chi connectivity index (χ1n) is 8.78. The Bertz CT molecular complexity index is 934. The molecule has 3 rings (SSSR count). The van der Waals surface area contributed by atoms with Crippen LogP contribution in [0.1, 0.15) is 27.4 Å². The van der Waals surface area contributed by atoms with Crippen molar-refractivity contribution in [1.82, 2.24) is 0 Å². The van der Waals surface area contributed by atoms with Crippen LogP contribution in [-0.2, 0) is 9.53 Å². The zero-order valence-electron chi connectivity index (χ0n) is 15.6. The highest BCUT2D eigenvalue weighted by Gasteiger charge is 2.28. The molecule has 0 unspecified atom stereocenters. The van der Waals surface area contributed by atoms with Gasteiger partial charge in [0, 0.05) is 11.5 Å². The van der Waals surface area contributed by atoms with Crippen LogP contribution >= 0.6 is 15.9 Å². The fourth-order valence-electron chi connectivity index (χ4n) is 3.16. The number of methoxy groups -OCH3 is 1. The van der Waals surface area contributed by atoms with Gasteiger partial charge >= 0.3 is 5.97 Å². The number of hydrogen-bond acceptors (Lipinski definition) is 3. The molecule has 28 heavy (non-hydrogen) atoms. The van der Waals surface area contributed by atoms with Crippen molar-refractivity contribution in [3.63, 3.8) is 0 Å². The second-order valence-corrected chi connectivity index (χ2v) is 7.22. The maximum Gasteiger partial charge on any atom is 0.340 e. The van der Waals surface area contributed by atoms with E-state index in [0.29, 0.717) is 11.3 Å². The van der Waals surface area contributed by atoms with E-state index >= 15 is 0 Å². The van der Waals surface area contributed by atoms with E-state index < -0.39 is 11.9 Å². The zero-order chi connectivity index (χ0) is 20.1. The molecule has 142 valence electrons. The van der Waals surface area contributed by atoms with Gasteiger partial charge in [0.15, 0.2) is 0 Å². The van der Waals surface area contributed by atoms with Crippen LogP contribution in [0.4, 0.5) is 5.69 Å². The number of rotatable bonds is 5. The Morgan fingerprint density at radius 3 is 1.93 bits per heavy atom. The number of carbonyl (C=O) groups excluding carboxylic acids is 2. The maximum absolute atomic E-state index is 13.6. The van der Waals surface area contributed by atoms with E-state index in [1.807, 2.05) is 60.7 Å². The van der Waals surface area contributed by atoms with Gasteiger partial charge in [0.05, 0.1) is 24.3 Å². The van der Waals surface area contributed by atoms with Crippen LogP contribution in [0.15, 0.2) is 83.3 Å². The molecule has 0 atom stereocenters. The van der Waals surface area contributed by atoms with Gasteiger partial charge in [-0.15, -0.1) is 0 Å². The highest BCUT2D eigenvalue weighted by atomic mass is 79.9. The van der Waals surface area contributed by atoms with Crippen LogP contribution in [0.3, 0.4) is 0 Å². The highest BCUT2D eigenvalue weighted by molar-refractivity contribution is 9.10. The summed E-state index contributed by atoms with van der Waals surface area (Å²) in [7, 11) is 3.00. The largest absolute Gasteiger partial charge is 0.465 e. The monoisotopic (exact) mass is 437 g/mol. The summed E-state index contributed by atoms with van der Waals surface area (Å²) in [6, 6.07) is 24.4. The minimum Gasteiger partial charge on any atom is -0.465 e. The van der Waals surface area contributed by atoms with Crippen molar-refractivity contribution in [3.05, 3.63) is 100 Å². The predicted octanol–water partition coefficient (Wildman–Crippen LogP) is 5.03. The predicted molar refractivity (Wildman–Crippen MR) is 114 cm³/mol. The molecule has 0 N–H and O–H groups in total.